The van der Waals surface area contributed by atoms with Crippen LogP contribution in [0.5, 0.6) is 0 Å². The quantitative estimate of drug-likeness (QED) is 0.585. The number of pyridine rings is 1. The van der Waals surface area contributed by atoms with Gasteiger partial charge in [-0.25, -0.2) is 8.78 Å². The smallest absolute Gasteiger partial charge is 0.392 e. The third kappa shape index (κ3) is 4.02. The number of rotatable bonds is 4. The molecule has 4 rings (SSSR count). The van der Waals surface area contributed by atoms with E-state index in [1.54, 1.807) is 0 Å². The molecule has 32 heavy (non-hydrogen) atoms. The molecule has 0 bridgehead atoms. The molecule has 1 atom stereocenters. The van der Waals surface area contributed by atoms with E-state index in [-0.39, 0.29) is 36.0 Å². The van der Waals surface area contributed by atoms with Gasteiger partial charge in [0.1, 0.15) is 18.5 Å². The van der Waals surface area contributed by atoms with Gasteiger partial charge < -0.3 is 14.6 Å². The Kier molecular flexibility index (Phi) is 5.80. The highest BCUT2D eigenvalue weighted by Gasteiger charge is 2.34. The average Bonchev–Trinajstić information content (AvgIpc) is 3.36. The number of carbonyl (C=O) groups excluding carboxylic acids is 1. The number of likely N-dealkylation sites (tertiary alicyclic amines) is 1. The summed E-state index contributed by atoms with van der Waals surface area (Å²) < 4.78 is 68.0. The van der Waals surface area contributed by atoms with Crippen LogP contribution >= 0.6 is 11.3 Å². The van der Waals surface area contributed by atoms with Crippen molar-refractivity contribution in [1.82, 2.24) is 9.47 Å². The van der Waals surface area contributed by atoms with Gasteiger partial charge in [0.2, 0.25) is 5.91 Å². The minimum absolute atomic E-state index is 0.0187. The standard InChI is InChI=1S/C21H17F5N2O3S/c22-13-3-4-27(7-13)17(30)8-28-6-12(9-29)19-18(20(28)31)14(10-32-19)11-1-2-16(23)15(5-11)21(24,25)26/h1-2,5-6,10,13,29H,3-4,7-9H2. The summed E-state index contributed by atoms with van der Waals surface area (Å²) in [7, 11) is 0. The molecule has 1 amide bonds. The van der Waals surface area contributed by atoms with Crippen LogP contribution in [0.15, 0.2) is 34.6 Å². The first-order valence-electron chi connectivity index (χ1n) is 9.63. The number of benzene rings is 1. The number of fused-ring (bicyclic) bond motifs is 1. The Labute approximate surface area is 182 Å². The number of alkyl halides is 4. The molecule has 1 unspecified atom stereocenters. The third-order valence-electron chi connectivity index (χ3n) is 5.41. The summed E-state index contributed by atoms with van der Waals surface area (Å²) >= 11 is 1.05. The van der Waals surface area contributed by atoms with E-state index >= 15 is 0 Å². The maximum Gasteiger partial charge on any atom is 0.419 e. The minimum Gasteiger partial charge on any atom is -0.392 e. The van der Waals surface area contributed by atoms with E-state index in [1.165, 1.54) is 16.5 Å². The second-order valence-corrected chi connectivity index (χ2v) is 8.40. The SMILES string of the molecule is O=C(Cn1cc(CO)c2scc(-c3ccc(F)c(C(F)(F)F)c3)c2c1=O)N1CCC(F)C1. The van der Waals surface area contributed by atoms with Gasteiger partial charge >= 0.3 is 6.18 Å². The number of aliphatic hydroxyl groups excluding tert-OH is 1. The third-order valence-corrected chi connectivity index (χ3v) is 6.47. The molecule has 2 aromatic heterocycles. The number of amides is 1. The van der Waals surface area contributed by atoms with Gasteiger partial charge in [0, 0.05) is 33.9 Å². The predicted octanol–water partition coefficient (Wildman–Crippen LogP) is 3.95. The van der Waals surface area contributed by atoms with E-state index in [0.29, 0.717) is 22.4 Å². The summed E-state index contributed by atoms with van der Waals surface area (Å²) in [6.45, 7) is -0.717. The lowest BCUT2D eigenvalue weighted by molar-refractivity contribution is -0.140. The van der Waals surface area contributed by atoms with Crippen LogP contribution in [-0.4, -0.2) is 39.7 Å². The number of carbonyl (C=O) groups is 1. The fourth-order valence-electron chi connectivity index (χ4n) is 3.80. The van der Waals surface area contributed by atoms with Crippen molar-refractivity contribution in [1.29, 1.82) is 0 Å². The molecule has 1 fully saturated rings. The van der Waals surface area contributed by atoms with Crippen molar-refractivity contribution in [3.8, 4) is 11.1 Å². The van der Waals surface area contributed by atoms with Crippen LogP contribution in [0.2, 0.25) is 0 Å². The topological polar surface area (TPSA) is 62.5 Å². The summed E-state index contributed by atoms with van der Waals surface area (Å²) in [6.07, 6.45) is -4.52. The van der Waals surface area contributed by atoms with Crippen LogP contribution in [0, 0.1) is 5.82 Å². The lowest BCUT2D eigenvalue weighted by atomic mass is 10.0. The van der Waals surface area contributed by atoms with Gasteiger partial charge in [0.25, 0.3) is 5.56 Å². The Morgan fingerprint density at radius 2 is 2.03 bits per heavy atom. The molecule has 1 aromatic carbocycles. The van der Waals surface area contributed by atoms with E-state index in [9.17, 15) is 36.6 Å². The maximum absolute atomic E-state index is 13.7. The number of halogens is 5. The van der Waals surface area contributed by atoms with Crippen LogP contribution in [0.25, 0.3) is 21.2 Å². The molecule has 0 spiro atoms. The van der Waals surface area contributed by atoms with E-state index in [1.807, 2.05) is 0 Å². The van der Waals surface area contributed by atoms with Gasteiger partial charge in [0.05, 0.1) is 24.1 Å². The number of hydrogen-bond donors (Lipinski definition) is 1. The zero-order valence-electron chi connectivity index (χ0n) is 16.5. The lowest BCUT2D eigenvalue weighted by Crippen LogP contribution is -2.35. The van der Waals surface area contributed by atoms with E-state index in [0.717, 1.165) is 22.0 Å². The second kappa shape index (κ2) is 8.28. The highest BCUT2D eigenvalue weighted by atomic mass is 32.1. The first-order chi connectivity index (χ1) is 15.1. The van der Waals surface area contributed by atoms with Gasteiger partial charge in [-0.1, -0.05) is 6.07 Å². The molecule has 0 saturated carbocycles. The summed E-state index contributed by atoms with van der Waals surface area (Å²) in [5, 5.41) is 11.2. The molecule has 0 radical (unpaired) electrons. The fourth-order valence-corrected chi connectivity index (χ4v) is 4.87. The first kappa shape index (κ1) is 22.4. The Morgan fingerprint density at radius 3 is 2.66 bits per heavy atom. The van der Waals surface area contributed by atoms with Crippen molar-refractivity contribution in [2.45, 2.75) is 31.9 Å². The molecule has 170 valence electrons. The number of thiophene rings is 1. The monoisotopic (exact) mass is 472 g/mol. The number of nitrogens with zero attached hydrogens (tertiary/aromatic N) is 2. The van der Waals surface area contributed by atoms with Crippen molar-refractivity contribution >= 4 is 27.3 Å². The van der Waals surface area contributed by atoms with Gasteiger partial charge in [-0.05, 0) is 24.1 Å². The molecule has 1 saturated heterocycles. The largest absolute Gasteiger partial charge is 0.419 e. The molecule has 11 heteroatoms. The zero-order valence-corrected chi connectivity index (χ0v) is 17.3. The van der Waals surface area contributed by atoms with Gasteiger partial charge in [-0.2, -0.15) is 13.2 Å². The van der Waals surface area contributed by atoms with E-state index in [4.69, 9.17) is 0 Å². The van der Waals surface area contributed by atoms with Crippen LogP contribution in [0.1, 0.15) is 17.5 Å². The summed E-state index contributed by atoms with van der Waals surface area (Å²) in [4.78, 5) is 27.0. The Bertz CT molecular complexity index is 1250. The summed E-state index contributed by atoms with van der Waals surface area (Å²) in [6, 6.07) is 2.45. The summed E-state index contributed by atoms with van der Waals surface area (Å²) in [5.74, 6) is -1.91. The van der Waals surface area contributed by atoms with Crippen molar-refractivity contribution in [2.75, 3.05) is 13.1 Å². The van der Waals surface area contributed by atoms with Gasteiger partial charge in [-0.15, -0.1) is 11.3 Å². The molecule has 5 nitrogen and oxygen atoms in total. The molecule has 3 heterocycles. The maximum atomic E-state index is 13.7. The van der Waals surface area contributed by atoms with Crippen LogP contribution in [-0.2, 0) is 24.1 Å². The van der Waals surface area contributed by atoms with Gasteiger partial charge in [0.15, 0.2) is 0 Å². The highest BCUT2D eigenvalue weighted by Crippen LogP contribution is 2.38. The number of aliphatic hydroxyl groups is 1. The van der Waals surface area contributed by atoms with Crippen molar-refractivity contribution in [3.05, 3.63) is 57.1 Å². The first-order valence-corrected chi connectivity index (χ1v) is 10.5. The average molecular weight is 472 g/mol. The molecule has 0 aliphatic carbocycles. The summed E-state index contributed by atoms with van der Waals surface area (Å²) in [5.41, 5.74) is -1.67. The van der Waals surface area contributed by atoms with E-state index < -0.39 is 48.3 Å². The Morgan fingerprint density at radius 1 is 1.28 bits per heavy atom. The normalized spacial score (nSPS) is 16.8. The highest BCUT2D eigenvalue weighted by molar-refractivity contribution is 7.18. The lowest BCUT2D eigenvalue weighted by Gasteiger charge is -2.17. The van der Waals surface area contributed by atoms with E-state index in [2.05, 4.69) is 0 Å². The molecular weight excluding hydrogens is 455 g/mol. The molecular formula is C21H17F5N2O3S. The molecule has 1 N–H and O–H groups in total. The molecule has 1 aliphatic rings. The minimum atomic E-state index is -4.92. The Balaban J connectivity index is 1.82. The zero-order chi connectivity index (χ0) is 23.2. The van der Waals surface area contributed by atoms with Crippen molar-refractivity contribution in [2.24, 2.45) is 0 Å². The van der Waals surface area contributed by atoms with Crippen molar-refractivity contribution in [3.63, 3.8) is 0 Å². The van der Waals surface area contributed by atoms with Crippen LogP contribution in [0.4, 0.5) is 22.0 Å². The molecule has 1 aliphatic heterocycles. The molecule has 3 aromatic rings. The van der Waals surface area contributed by atoms with Crippen LogP contribution < -0.4 is 5.56 Å². The second-order valence-electron chi connectivity index (χ2n) is 7.52. The number of hydrogen-bond acceptors (Lipinski definition) is 4. The number of aromatic nitrogens is 1. The fraction of sp³-hybridized carbons (Fsp3) is 0.333. The van der Waals surface area contributed by atoms with Gasteiger partial charge in [-0.3, -0.25) is 9.59 Å². The van der Waals surface area contributed by atoms with Crippen LogP contribution in [0.3, 0.4) is 0 Å². The predicted molar refractivity (Wildman–Crippen MR) is 108 cm³/mol. The Hall–Kier alpha value is -2.79. The van der Waals surface area contributed by atoms with Crippen molar-refractivity contribution < 1.29 is 31.9 Å².